The van der Waals surface area contributed by atoms with Gasteiger partial charge >= 0.3 is 0 Å². The van der Waals surface area contributed by atoms with Crippen LogP contribution < -0.4 is 10.0 Å². The third-order valence-electron chi connectivity index (χ3n) is 3.34. The Hall–Kier alpha value is -1.11. The average molecular weight is 317 g/mol. The van der Waals surface area contributed by atoms with Gasteiger partial charge < -0.3 is 5.32 Å². The van der Waals surface area contributed by atoms with Crippen LogP contribution >= 0.6 is 11.6 Å². The van der Waals surface area contributed by atoms with Crippen LogP contribution in [0.25, 0.3) is 0 Å². The van der Waals surface area contributed by atoms with Crippen molar-refractivity contribution in [2.75, 3.05) is 6.54 Å². The summed E-state index contributed by atoms with van der Waals surface area (Å²) in [7, 11) is -3.76. The fourth-order valence-electron chi connectivity index (χ4n) is 2.18. The summed E-state index contributed by atoms with van der Waals surface area (Å²) >= 11 is 5.95. The maximum atomic E-state index is 12.4. The molecule has 5 nitrogen and oxygen atoms in total. The fourth-order valence-corrected chi connectivity index (χ4v) is 3.91. The zero-order chi connectivity index (χ0) is 14.8. The van der Waals surface area contributed by atoms with Gasteiger partial charge in [0.1, 0.15) is 6.04 Å². The van der Waals surface area contributed by atoms with Crippen LogP contribution in [-0.2, 0) is 14.8 Å². The van der Waals surface area contributed by atoms with Crippen LogP contribution in [0.5, 0.6) is 0 Å². The fraction of sp³-hybridized carbons (Fsp3) is 0.462. The normalized spacial score (nSPS) is 20.3. The number of carbonyl (C=O) groups is 1. The summed E-state index contributed by atoms with van der Waals surface area (Å²) in [6.07, 6.45) is 2.17. The average Bonchev–Trinajstić information content (AvgIpc) is 2.58. The lowest BCUT2D eigenvalue weighted by atomic mass is 10.1. The van der Waals surface area contributed by atoms with Crippen LogP contribution in [0.3, 0.4) is 0 Å². The Kier molecular flexibility index (Phi) is 4.67. The molecule has 1 unspecified atom stereocenters. The Morgan fingerprint density at radius 1 is 1.35 bits per heavy atom. The molecule has 110 valence electrons. The topological polar surface area (TPSA) is 75.3 Å². The number of amides is 1. The Morgan fingerprint density at radius 2 is 2.10 bits per heavy atom. The Morgan fingerprint density at radius 3 is 2.85 bits per heavy atom. The van der Waals surface area contributed by atoms with E-state index in [0.717, 1.165) is 12.8 Å². The van der Waals surface area contributed by atoms with E-state index in [-0.39, 0.29) is 10.8 Å². The molecule has 0 radical (unpaired) electrons. The highest BCUT2D eigenvalue weighted by atomic mass is 35.5. The van der Waals surface area contributed by atoms with Crippen LogP contribution in [0.4, 0.5) is 0 Å². The quantitative estimate of drug-likeness (QED) is 0.889. The molecule has 20 heavy (non-hydrogen) atoms. The summed E-state index contributed by atoms with van der Waals surface area (Å²) in [6, 6.07) is 3.98. The first-order valence-corrected chi connectivity index (χ1v) is 8.33. The number of carbonyl (C=O) groups excluding carboxylic acids is 1. The molecule has 1 aliphatic rings. The maximum absolute atomic E-state index is 12.4. The van der Waals surface area contributed by atoms with Crippen LogP contribution in [0, 0.1) is 6.92 Å². The van der Waals surface area contributed by atoms with E-state index in [1.165, 1.54) is 6.07 Å². The van der Waals surface area contributed by atoms with Gasteiger partial charge in [-0.3, -0.25) is 4.79 Å². The number of halogens is 1. The predicted molar refractivity (Wildman–Crippen MR) is 77.2 cm³/mol. The van der Waals surface area contributed by atoms with Gasteiger partial charge in [-0.05, 0) is 43.9 Å². The van der Waals surface area contributed by atoms with Gasteiger partial charge in [-0.1, -0.05) is 17.7 Å². The molecule has 1 amide bonds. The third kappa shape index (κ3) is 3.31. The molecule has 1 saturated heterocycles. The van der Waals surface area contributed by atoms with Crippen LogP contribution in [0.2, 0.25) is 5.02 Å². The van der Waals surface area contributed by atoms with E-state index in [4.69, 9.17) is 11.6 Å². The smallest absolute Gasteiger partial charge is 0.241 e. The molecule has 0 aliphatic carbocycles. The van der Waals surface area contributed by atoms with Crippen molar-refractivity contribution in [3.63, 3.8) is 0 Å². The zero-order valence-corrected chi connectivity index (χ0v) is 12.7. The largest absolute Gasteiger partial charge is 0.355 e. The lowest BCUT2D eigenvalue weighted by Gasteiger charge is -2.16. The van der Waals surface area contributed by atoms with Gasteiger partial charge in [0.15, 0.2) is 0 Å². The van der Waals surface area contributed by atoms with Gasteiger partial charge in [-0.25, -0.2) is 8.42 Å². The maximum Gasteiger partial charge on any atom is 0.241 e. The van der Waals surface area contributed by atoms with E-state index < -0.39 is 16.1 Å². The summed E-state index contributed by atoms with van der Waals surface area (Å²) < 4.78 is 27.2. The highest BCUT2D eigenvalue weighted by Gasteiger charge is 2.27. The number of nitrogens with one attached hydrogen (secondary N) is 2. The van der Waals surface area contributed by atoms with E-state index in [1.807, 2.05) is 0 Å². The lowest BCUT2D eigenvalue weighted by Crippen LogP contribution is -2.45. The molecular weight excluding hydrogens is 300 g/mol. The van der Waals surface area contributed by atoms with E-state index in [0.29, 0.717) is 23.6 Å². The van der Waals surface area contributed by atoms with E-state index >= 15 is 0 Å². The van der Waals surface area contributed by atoms with Gasteiger partial charge in [0.05, 0.1) is 4.90 Å². The van der Waals surface area contributed by atoms with Crippen LogP contribution in [0.1, 0.15) is 24.8 Å². The SMILES string of the molecule is Cc1c(Cl)cccc1S(=O)(=O)NC1CCCCNC1=O. The molecule has 1 aromatic rings. The molecular formula is C13H17ClN2O3S. The van der Waals surface area contributed by atoms with E-state index in [9.17, 15) is 13.2 Å². The summed E-state index contributed by atoms with van der Waals surface area (Å²) in [5.74, 6) is -0.272. The highest BCUT2D eigenvalue weighted by Crippen LogP contribution is 2.23. The summed E-state index contributed by atoms with van der Waals surface area (Å²) in [5.41, 5.74) is 0.482. The van der Waals surface area contributed by atoms with Crippen molar-refractivity contribution in [2.24, 2.45) is 0 Å². The van der Waals surface area contributed by atoms with Crippen molar-refractivity contribution in [2.45, 2.75) is 37.1 Å². The molecule has 1 heterocycles. The second-order valence-electron chi connectivity index (χ2n) is 4.82. The summed E-state index contributed by atoms with van der Waals surface area (Å²) in [4.78, 5) is 11.9. The molecule has 0 saturated carbocycles. The molecule has 0 aromatic heterocycles. The Bertz CT molecular complexity index is 616. The molecule has 7 heteroatoms. The lowest BCUT2D eigenvalue weighted by molar-refractivity contribution is -0.122. The third-order valence-corrected chi connectivity index (χ3v) is 5.37. The standard InChI is InChI=1S/C13H17ClN2O3S/c1-9-10(14)5-4-7-12(9)20(18,19)16-11-6-2-3-8-15-13(11)17/h4-5,7,11,16H,2-3,6,8H2,1H3,(H,15,17). The first-order valence-electron chi connectivity index (χ1n) is 6.47. The summed E-state index contributed by atoms with van der Waals surface area (Å²) in [6.45, 7) is 2.23. The van der Waals surface area contributed by atoms with Gasteiger partial charge in [0, 0.05) is 11.6 Å². The zero-order valence-electron chi connectivity index (χ0n) is 11.1. The second-order valence-corrected chi connectivity index (χ2v) is 6.91. The van der Waals surface area contributed by atoms with Gasteiger partial charge in [-0.15, -0.1) is 0 Å². The molecule has 1 fully saturated rings. The molecule has 0 bridgehead atoms. The first-order chi connectivity index (χ1) is 9.42. The van der Waals surface area contributed by atoms with Gasteiger partial charge in [0.2, 0.25) is 15.9 Å². The number of hydrogen-bond donors (Lipinski definition) is 2. The van der Waals surface area contributed by atoms with Crippen molar-refractivity contribution in [3.05, 3.63) is 28.8 Å². The molecule has 1 aliphatic heterocycles. The minimum absolute atomic E-state index is 0.113. The second kappa shape index (κ2) is 6.11. The molecule has 1 atom stereocenters. The Labute approximate surface area is 123 Å². The number of hydrogen-bond acceptors (Lipinski definition) is 3. The molecule has 0 spiro atoms. The molecule has 1 aromatic carbocycles. The number of rotatable bonds is 3. The minimum Gasteiger partial charge on any atom is -0.355 e. The number of benzene rings is 1. The molecule has 2 N–H and O–H groups in total. The summed E-state index contributed by atoms with van der Waals surface area (Å²) in [5, 5.41) is 3.09. The van der Waals surface area contributed by atoms with Crippen molar-refractivity contribution < 1.29 is 13.2 Å². The minimum atomic E-state index is -3.76. The van der Waals surface area contributed by atoms with E-state index in [2.05, 4.69) is 10.0 Å². The van der Waals surface area contributed by atoms with Crippen LogP contribution in [0.15, 0.2) is 23.1 Å². The van der Waals surface area contributed by atoms with Crippen molar-refractivity contribution in [3.8, 4) is 0 Å². The van der Waals surface area contributed by atoms with Crippen molar-refractivity contribution in [1.29, 1.82) is 0 Å². The van der Waals surface area contributed by atoms with Crippen molar-refractivity contribution >= 4 is 27.5 Å². The number of sulfonamides is 1. The Balaban J connectivity index is 2.26. The van der Waals surface area contributed by atoms with Gasteiger partial charge in [0.25, 0.3) is 0 Å². The highest BCUT2D eigenvalue weighted by molar-refractivity contribution is 7.89. The first kappa shape index (κ1) is 15.3. The molecule has 2 rings (SSSR count). The van der Waals surface area contributed by atoms with Crippen LogP contribution in [-0.4, -0.2) is 26.9 Å². The monoisotopic (exact) mass is 316 g/mol. The predicted octanol–water partition coefficient (Wildman–Crippen LogP) is 1.60. The van der Waals surface area contributed by atoms with Gasteiger partial charge in [-0.2, -0.15) is 4.72 Å². The van der Waals surface area contributed by atoms with E-state index in [1.54, 1.807) is 19.1 Å². The van der Waals surface area contributed by atoms with Crippen molar-refractivity contribution in [1.82, 2.24) is 10.0 Å².